The number of methoxy groups -OCH3 is 1. The summed E-state index contributed by atoms with van der Waals surface area (Å²) in [6.07, 6.45) is 1.54. The van der Waals surface area contributed by atoms with Crippen LogP contribution in [0.25, 0.3) is 0 Å². The number of rotatable bonds is 3. The molecule has 5 heteroatoms. The molecule has 1 fully saturated rings. The SMILES string of the molecule is COc1ccc(C(=O)C2CCOCC2)nn1. The Morgan fingerprint density at radius 1 is 1.38 bits per heavy atom. The minimum atomic E-state index is 0.0245. The van der Waals surface area contributed by atoms with Crippen molar-refractivity contribution in [2.75, 3.05) is 20.3 Å². The third-order valence-electron chi connectivity index (χ3n) is 2.69. The minimum absolute atomic E-state index is 0.0245. The normalized spacial score (nSPS) is 17.1. The number of carbonyl (C=O) groups is 1. The van der Waals surface area contributed by atoms with Crippen molar-refractivity contribution in [3.8, 4) is 5.88 Å². The summed E-state index contributed by atoms with van der Waals surface area (Å²) in [6, 6.07) is 3.31. The van der Waals surface area contributed by atoms with Crippen LogP contribution in [0.2, 0.25) is 0 Å². The zero-order valence-electron chi connectivity index (χ0n) is 9.18. The van der Waals surface area contributed by atoms with Crippen LogP contribution in [-0.2, 0) is 4.74 Å². The predicted molar refractivity (Wildman–Crippen MR) is 56.5 cm³/mol. The molecule has 86 valence electrons. The van der Waals surface area contributed by atoms with E-state index < -0.39 is 0 Å². The molecule has 0 radical (unpaired) electrons. The van der Waals surface area contributed by atoms with Crippen LogP contribution >= 0.6 is 0 Å². The summed E-state index contributed by atoms with van der Waals surface area (Å²) in [6.45, 7) is 1.31. The fraction of sp³-hybridized carbons (Fsp3) is 0.545. The summed E-state index contributed by atoms with van der Waals surface area (Å²) in [4.78, 5) is 12.0. The fourth-order valence-electron chi connectivity index (χ4n) is 1.73. The average molecular weight is 222 g/mol. The Balaban J connectivity index is 2.07. The molecule has 16 heavy (non-hydrogen) atoms. The number of hydrogen-bond acceptors (Lipinski definition) is 5. The summed E-state index contributed by atoms with van der Waals surface area (Å²) < 4.78 is 10.1. The van der Waals surface area contributed by atoms with Crippen molar-refractivity contribution in [1.82, 2.24) is 10.2 Å². The highest BCUT2D eigenvalue weighted by Crippen LogP contribution is 2.19. The van der Waals surface area contributed by atoms with Crippen molar-refractivity contribution in [2.45, 2.75) is 12.8 Å². The lowest BCUT2D eigenvalue weighted by atomic mass is 9.93. The molecule has 1 aromatic heterocycles. The monoisotopic (exact) mass is 222 g/mol. The Bertz CT molecular complexity index is 358. The van der Waals surface area contributed by atoms with Crippen LogP contribution in [0.5, 0.6) is 5.88 Å². The van der Waals surface area contributed by atoms with E-state index in [0.29, 0.717) is 24.8 Å². The van der Waals surface area contributed by atoms with Gasteiger partial charge in [-0.2, -0.15) is 0 Å². The number of hydrogen-bond donors (Lipinski definition) is 0. The van der Waals surface area contributed by atoms with Gasteiger partial charge in [-0.05, 0) is 18.9 Å². The third-order valence-corrected chi connectivity index (χ3v) is 2.69. The number of carbonyl (C=O) groups excluding carboxylic acids is 1. The first-order valence-corrected chi connectivity index (χ1v) is 5.31. The molecule has 1 saturated heterocycles. The standard InChI is InChI=1S/C11H14N2O3/c1-15-10-3-2-9(12-13-10)11(14)8-4-6-16-7-5-8/h2-3,8H,4-7H2,1H3. The maximum Gasteiger partial charge on any atom is 0.233 e. The smallest absolute Gasteiger partial charge is 0.233 e. The van der Waals surface area contributed by atoms with Gasteiger partial charge in [-0.1, -0.05) is 0 Å². The van der Waals surface area contributed by atoms with Crippen LogP contribution in [-0.4, -0.2) is 36.3 Å². The van der Waals surface area contributed by atoms with Crippen LogP contribution in [0.1, 0.15) is 23.3 Å². The molecule has 1 aromatic rings. The lowest BCUT2D eigenvalue weighted by Crippen LogP contribution is -2.24. The molecule has 0 amide bonds. The molecule has 0 bridgehead atoms. The van der Waals surface area contributed by atoms with E-state index in [0.717, 1.165) is 12.8 Å². The highest BCUT2D eigenvalue weighted by Gasteiger charge is 2.23. The first-order valence-electron chi connectivity index (χ1n) is 5.31. The van der Waals surface area contributed by atoms with E-state index in [2.05, 4.69) is 10.2 Å². The van der Waals surface area contributed by atoms with E-state index in [-0.39, 0.29) is 11.7 Å². The number of Topliss-reactive ketones (excluding diaryl/α,β-unsaturated/α-hetero) is 1. The second-order valence-electron chi connectivity index (χ2n) is 3.71. The van der Waals surface area contributed by atoms with Gasteiger partial charge in [-0.3, -0.25) is 4.79 Å². The zero-order valence-corrected chi connectivity index (χ0v) is 9.18. The first kappa shape index (κ1) is 11.0. The van der Waals surface area contributed by atoms with Gasteiger partial charge in [0.1, 0.15) is 5.69 Å². The van der Waals surface area contributed by atoms with Crippen LogP contribution in [0.4, 0.5) is 0 Å². The van der Waals surface area contributed by atoms with Gasteiger partial charge in [0.2, 0.25) is 5.88 Å². The molecule has 0 spiro atoms. The van der Waals surface area contributed by atoms with Crippen LogP contribution in [0, 0.1) is 5.92 Å². The van der Waals surface area contributed by atoms with Crippen LogP contribution in [0.15, 0.2) is 12.1 Å². The lowest BCUT2D eigenvalue weighted by molar-refractivity contribution is 0.0541. The molecule has 5 nitrogen and oxygen atoms in total. The Morgan fingerprint density at radius 3 is 2.69 bits per heavy atom. The van der Waals surface area contributed by atoms with Gasteiger partial charge in [-0.25, -0.2) is 0 Å². The summed E-state index contributed by atoms with van der Waals surface area (Å²) in [5.74, 6) is 0.499. The van der Waals surface area contributed by atoms with Crippen molar-refractivity contribution in [3.63, 3.8) is 0 Å². The summed E-state index contributed by atoms with van der Waals surface area (Å²) in [5, 5.41) is 7.65. The molecule has 0 N–H and O–H groups in total. The largest absolute Gasteiger partial charge is 0.480 e. The summed E-state index contributed by atoms with van der Waals surface area (Å²) >= 11 is 0. The number of aromatic nitrogens is 2. The molecule has 0 unspecified atom stereocenters. The van der Waals surface area contributed by atoms with Crippen molar-refractivity contribution < 1.29 is 14.3 Å². The van der Waals surface area contributed by atoms with E-state index in [4.69, 9.17) is 9.47 Å². The van der Waals surface area contributed by atoms with Gasteiger partial charge in [0.25, 0.3) is 0 Å². The molecule has 2 heterocycles. The minimum Gasteiger partial charge on any atom is -0.480 e. The van der Waals surface area contributed by atoms with E-state index in [9.17, 15) is 4.79 Å². The average Bonchev–Trinajstić information content (AvgIpc) is 2.39. The third kappa shape index (κ3) is 2.36. The molecular weight excluding hydrogens is 208 g/mol. The molecule has 1 aliphatic rings. The molecule has 2 rings (SSSR count). The topological polar surface area (TPSA) is 61.3 Å². The second-order valence-corrected chi connectivity index (χ2v) is 3.71. The Labute approximate surface area is 93.8 Å². The fourth-order valence-corrected chi connectivity index (χ4v) is 1.73. The van der Waals surface area contributed by atoms with E-state index >= 15 is 0 Å². The van der Waals surface area contributed by atoms with Gasteiger partial charge in [0.15, 0.2) is 5.78 Å². The molecular formula is C11H14N2O3. The molecule has 1 aliphatic heterocycles. The molecule has 0 saturated carbocycles. The van der Waals surface area contributed by atoms with Crippen molar-refractivity contribution in [3.05, 3.63) is 17.8 Å². The van der Waals surface area contributed by atoms with Gasteiger partial charge < -0.3 is 9.47 Å². The zero-order chi connectivity index (χ0) is 11.4. The van der Waals surface area contributed by atoms with E-state index in [1.54, 1.807) is 12.1 Å². The van der Waals surface area contributed by atoms with E-state index in [1.807, 2.05) is 0 Å². The van der Waals surface area contributed by atoms with Crippen molar-refractivity contribution in [1.29, 1.82) is 0 Å². The molecule has 0 atom stereocenters. The van der Waals surface area contributed by atoms with Gasteiger partial charge >= 0.3 is 0 Å². The maximum atomic E-state index is 12.0. The highest BCUT2D eigenvalue weighted by atomic mass is 16.5. The maximum absolute atomic E-state index is 12.0. The summed E-state index contributed by atoms with van der Waals surface area (Å²) in [7, 11) is 1.52. The molecule has 0 aliphatic carbocycles. The summed E-state index contributed by atoms with van der Waals surface area (Å²) in [5.41, 5.74) is 0.410. The van der Waals surface area contributed by atoms with Crippen molar-refractivity contribution >= 4 is 5.78 Å². The Hall–Kier alpha value is -1.49. The number of ether oxygens (including phenoxy) is 2. The second kappa shape index (κ2) is 5.03. The van der Waals surface area contributed by atoms with E-state index in [1.165, 1.54) is 7.11 Å². The number of nitrogens with zero attached hydrogens (tertiary/aromatic N) is 2. The Kier molecular flexibility index (Phi) is 3.46. The van der Waals surface area contributed by atoms with Crippen LogP contribution < -0.4 is 4.74 Å². The molecule has 0 aromatic carbocycles. The lowest BCUT2D eigenvalue weighted by Gasteiger charge is -2.20. The first-order chi connectivity index (χ1) is 7.81. The van der Waals surface area contributed by atoms with Gasteiger partial charge in [-0.15, -0.1) is 10.2 Å². The van der Waals surface area contributed by atoms with Crippen molar-refractivity contribution in [2.24, 2.45) is 5.92 Å². The van der Waals surface area contributed by atoms with Gasteiger partial charge in [0.05, 0.1) is 7.11 Å². The number of ketones is 1. The predicted octanol–water partition coefficient (Wildman–Crippen LogP) is 1.09. The Morgan fingerprint density at radius 2 is 2.12 bits per heavy atom. The van der Waals surface area contributed by atoms with Gasteiger partial charge in [0, 0.05) is 25.2 Å². The highest BCUT2D eigenvalue weighted by molar-refractivity contribution is 5.95. The quantitative estimate of drug-likeness (QED) is 0.716. The van der Waals surface area contributed by atoms with Crippen LogP contribution in [0.3, 0.4) is 0 Å².